The monoisotopic (exact) mass is 387 g/mol. The number of rotatable bonds is 3. The van der Waals surface area contributed by atoms with Gasteiger partial charge in [-0.25, -0.2) is 4.98 Å². The Bertz CT molecular complexity index is 1090. The fraction of sp³-hybridized carbons (Fsp3) is 0.273. The maximum absolute atomic E-state index is 12.6. The summed E-state index contributed by atoms with van der Waals surface area (Å²) in [6, 6.07) is 14.8. The summed E-state index contributed by atoms with van der Waals surface area (Å²) in [5, 5.41) is 9.02. The predicted octanol–water partition coefficient (Wildman–Crippen LogP) is 2.68. The lowest BCUT2D eigenvalue weighted by Gasteiger charge is -2.26. The second-order valence-electron chi connectivity index (χ2n) is 6.97. The number of hydrogen-bond acceptors (Lipinski definition) is 6. The number of hydrogen-bond donors (Lipinski definition) is 0. The topological polar surface area (TPSA) is 84.0 Å². The van der Waals surface area contributed by atoms with E-state index in [0.717, 1.165) is 24.1 Å². The Kier molecular flexibility index (Phi) is 5.36. The average molecular weight is 387 g/mol. The van der Waals surface area contributed by atoms with E-state index < -0.39 is 0 Å². The van der Waals surface area contributed by atoms with Crippen LogP contribution in [0, 0.1) is 11.3 Å². The van der Waals surface area contributed by atoms with Gasteiger partial charge in [-0.05, 0) is 36.2 Å². The van der Waals surface area contributed by atoms with E-state index in [4.69, 9.17) is 15.0 Å². The molecule has 1 aromatic carbocycles. The van der Waals surface area contributed by atoms with Crippen molar-refractivity contribution in [3.8, 4) is 17.3 Å². The molecule has 1 saturated heterocycles. The molecule has 3 heterocycles. The highest BCUT2D eigenvalue weighted by atomic mass is 16.5. The summed E-state index contributed by atoms with van der Waals surface area (Å²) < 4.78 is 7.63. The second-order valence-corrected chi connectivity index (χ2v) is 6.97. The minimum Gasteiger partial charge on any atom is -0.372 e. The van der Waals surface area contributed by atoms with Gasteiger partial charge in [0.15, 0.2) is 0 Å². The third kappa shape index (κ3) is 4.03. The van der Waals surface area contributed by atoms with Crippen molar-refractivity contribution in [2.45, 2.75) is 12.5 Å². The van der Waals surface area contributed by atoms with Crippen LogP contribution in [0.2, 0.25) is 0 Å². The van der Waals surface area contributed by atoms with E-state index in [1.165, 1.54) is 0 Å². The summed E-state index contributed by atoms with van der Waals surface area (Å²) in [5.41, 5.74) is 3.00. The van der Waals surface area contributed by atoms with Gasteiger partial charge in [-0.3, -0.25) is 14.3 Å². The van der Waals surface area contributed by atoms with Gasteiger partial charge in [0.1, 0.15) is 6.10 Å². The molecule has 146 valence electrons. The van der Waals surface area contributed by atoms with Gasteiger partial charge < -0.3 is 9.64 Å². The zero-order valence-electron chi connectivity index (χ0n) is 16.2. The predicted molar refractivity (Wildman–Crippen MR) is 109 cm³/mol. The Morgan fingerprint density at radius 2 is 1.93 bits per heavy atom. The molecule has 0 saturated carbocycles. The standard InChI is InChI=1S/C22H21N5O2/c1-26-21(28)13-19(17-7-9-24-10-8-17)25-22(26)27-11-2-12-29-20(15-27)18-5-3-16(14-23)4-6-18/h3-10,13,20H,2,11-12,15H2,1H3. The first-order valence-electron chi connectivity index (χ1n) is 9.51. The number of ether oxygens (including phenoxy) is 1. The first-order valence-corrected chi connectivity index (χ1v) is 9.51. The van der Waals surface area contributed by atoms with Crippen LogP contribution in [0.1, 0.15) is 23.7 Å². The number of nitriles is 1. The molecule has 29 heavy (non-hydrogen) atoms. The summed E-state index contributed by atoms with van der Waals surface area (Å²) in [6.07, 6.45) is 4.05. The molecule has 1 aliphatic heterocycles. The summed E-state index contributed by atoms with van der Waals surface area (Å²) in [4.78, 5) is 23.5. The molecule has 0 spiro atoms. The van der Waals surface area contributed by atoms with Gasteiger partial charge in [0, 0.05) is 44.2 Å². The highest BCUT2D eigenvalue weighted by Gasteiger charge is 2.23. The Morgan fingerprint density at radius 1 is 1.17 bits per heavy atom. The first kappa shape index (κ1) is 18.8. The highest BCUT2D eigenvalue weighted by molar-refractivity contribution is 5.59. The van der Waals surface area contributed by atoms with E-state index >= 15 is 0 Å². The maximum atomic E-state index is 12.6. The molecule has 1 aliphatic rings. The molecule has 0 bridgehead atoms. The van der Waals surface area contributed by atoms with E-state index in [1.807, 2.05) is 24.3 Å². The number of pyridine rings is 1. The van der Waals surface area contributed by atoms with Crippen LogP contribution in [0.3, 0.4) is 0 Å². The fourth-order valence-electron chi connectivity index (χ4n) is 3.46. The van der Waals surface area contributed by atoms with Crippen LogP contribution in [0.15, 0.2) is 59.7 Å². The second kappa shape index (κ2) is 8.25. The van der Waals surface area contributed by atoms with Crippen molar-refractivity contribution in [3.63, 3.8) is 0 Å². The number of aromatic nitrogens is 3. The van der Waals surface area contributed by atoms with E-state index in [0.29, 0.717) is 30.4 Å². The van der Waals surface area contributed by atoms with Crippen molar-refractivity contribution in [2.24, 2.45) is 7.05 Å². The molecule has 4 rings (SSSR count). The largest absolute Gasteiger partial charge is 0.372 e. The number of anilines is 1. The summed E-state index contributed by atoms with van der Waals surface area (Å²) in [7, 11) is 1.74. The van der Waals surface area contributed by atoms with Gasteiger partial charge in [0.25, 0.3) is 5.56 Å². The van der Waals surface area contributed by atoms with Crippen LogP contribution in [0.4, 0.5) is 5.95 Å². The van der Waals surface area contributed by atoms with Crippen molar-refractivity contribution < 1.29 is 4.74 Å². The molecule has 3 aromatic rings. The molecule has 7 nitrogen and oxygen atoms in total. The summed E-state index contributed by atoms with van der Waals surface area (Å²) in [6.45, 7) is 1.94. The zero-order chi connectivity index (χ0) is 20.2. The van der Waals surface area contributed by atoms with Crippen molar-refractivity contribution in [3.05, 3.63) is 76.3 Å². The van der Waals surface area contributed by atoms with Crippen LogP contribution >= 0.6 is 0 Å². The molecule has 0 amide bonds. The lowest BCUT2D eigenvalue weighted by molar-refractivity contribution is 0.0685. The molecular formula is C22H21N5O2. The van der Waals surface area contributed by atoms with Gasteiger partial charge in [0.2, 0.25) is 5.95 Å². The van der Waals surface area contributed by atoms with Crippen molar-refractivity contribution in [2.75, 3.05) is 24.6 Å². The molecule has 0 radical (unpaired) electrons. The van der Waals surface area contributed by atoms with E-state index in [2.05, 4.69) is 16.0 Å². The minimum absolute atomic E-state index is 0.109. The van der Waals surface area contributed by atoms with Crippen LogP contribution in [-0.4, -0.2) is 34.2 Å². The molecule has 1 unspecified atom stereocenters. The zero-order valence-corrected chi connectivity index (χ0v) is 16.2. The number of nitrogens with zero attached hydrogens (tertiary/aromatic N) is 5. The molecule has 1 atom stereocenters. The SMILES string of the molecule is Cn1c(N2CCCOC(c3ccc(C#N)cc3)C2)nc(-c2ccncc2)cc1=O. The van der Waals surface area contributed by atoms with Crippen LogP contribution in [0.5, 0.6) is 0 Å². The van der Waals surface area contributed by atoms with Gasteiger partial charge in [-0.15, -0.1) is 0 Å². The highest BCUT2D eigenvalue weighted by Crippen LogP contribution is 2.26. The smallest absolute Gasteiger partial charge is 0.255 e. The van der Waals surface area contributed by atoms with Crippen LogP contribution in [-0.2, 0) is 11.8 Å². The van der Waals surface area contributed by atoms with Gasteiger partial charge >= 0.3 is 0 Å². The quantitative estimate of drug-likeness (QED) is 0.687. The molecule has 7 heteroatoms. The summed E-state index contributed by atoms with van der Waals surface area (Å²) >= 11 is 0. The lowest BCUT2D eigenvalue weighted by Crippen LogP contribution is -2.34. The van der Waals surface area contributed by atoms with Gasteiger partial charge in [-0.2, -0.15) is 5.26 Å². The third-order valence-corrected chi connectivity index (χ3v) is 5.06. The normalized spacial score (nSPS) is 16.8. The average Bonchev–Trinajstić information content (AvgIpc) is 3.02. The number of benzene rings is 1. The Hall–Kier alpha value is -3.50. The fourth-order valence-corrected chi connectivity index (χ4v) is 3.46. The van der Waals surface area contributed by atoms with Crippen molar-refractivity contribution in [1.82, 2.24) is 14.5 Å². The molecular weight excluding hydrogens is 366 g/mol. The maximum Gasteiger partial charge on any atom is 0.255 e. The van der Waals surface area contributed by atoms with Crippen LogP contribution in [0.25, 0.3) is 11.3 Å². The third-order valence-electron chi connectivity index (χ3n) is 5.06. The van der Waals surface area contributed by atoms with E-state index in [1.54, 1.807) is 42.2 Å². The Morgan fingerprint density at radius 3 is 2.66 bits per heavy atom. The first-order chi connectivity index (χ1) is 14.2. The molecule has 0 aliphatic carbocycles. The lowest BCUT2D eigenvalue weighted by atomic mass is 10.1. The minimum atomic E-state index is -0.160. The summed E-state index contributed by atoms with van der Waals surface area (Å²) in [5.74, 6) is 0.619. The molecule has 0 N–H and O–H groups in total. The van der Waals surface area contributed by atoms with Crippen molar-refractivity contribution in [1.29, 1.82) is 5.26 Å². The van der Waals surface area contributed by atoms with E-state index in [-0.39, 0.29) is 11.7 Å². The van der Waals surface area contributed by atoms with Gasteiger partial charge in [-0.1, -0.05) is 12.1 Å². The van der Waals surface area contributed by atoms with Gasteiger partial charge in [0.05, 0.1) is 23.9 Å². The molecule has 1 fully saturated rings. The van der Waals surface area contributed by atoms with Crippen LogP contribution < -0.4 is 10.5 Å². The Labute approximate surface area is 168 Å². The van der Waals surface area contributed by atoms with E-state index in [9.17, 15) is 4.79 Å². The van der Waals surface area contributed by atoms with Crippen molar-refractivity contribution >= 4 is 5.95 Å². The Balaban J connectivity index is 1.68. The molecule has 2 aromatic heterocycles.